The Kier molecular flexibility index (Phi) is 9.29. The van der Waals surface area contributed by atoms with E-state index >= 15 is 0 Å². The molecule has 10 heteroatoms. The number of piperidine rings is 1. The molecule has 1 aliphatic heterocycles. The highest BCUT2D eigenvalue weighted by molar-refractivity contribution is 5.99. The number of hydrogen-bond donors (Lipinski definition) is 3. The number of amides is 3. The third-order valence-corrected chi connectivity index (χ3v) is 8.37. The zero-order valence-electron chi connectivity index (χ0n) is 25.1. The molecule has 0 radical (unpaired) electrons. The van der Waals surface area contributed by atoms with E-state index in [1.807, 2.05) is 61.5 Å². The number of para-hydroxylation sites is 1. The number of carbonyl (C=O) groups excluding carboxylic acids is 2. The van der Waals surface area contributed by atoms with Gasteiger partial charge in [-0.2, -0.15) is 13.2 Å². The Balaban J connectivity index is 1.41. The van der Waals surface area contributed by atoms with Crippen molar-refractivity contribution in [2.24, 2.45) is 0 Å². The summed E-state index contributed by atoms with van der Waals surface area (Å²) in [5.41, 5.74) is 2.21. The highest BCUT2D eigenvalue weighted by Gasteiger charge is 2.37. The van der Waals surface area contributed by atoms with E-state index in [1.54, 1.807) is 18.0 Å². The minimum atomic E-state index is -4.68. The summed E-state index contributed by atoms with van der Waals surface area (Å²) in [5, 5.41) is 6.30. The summed E-state index contributed by atoms with van der Waals surface area (Å²) in [6, 6.07) is 19.9. The minimum absolute atomic E-state index is 0.333. The number of halogens is 3. The molecule has 1 aliphatic rings. The number of H-pyrrole nitrogens is 1. The Morgan fingerprint density at radius 2 is 1.68 bits per heavy atom. The number of anilines is 1. The van der Waals surface area contributed by atoms with Gasteiger partial charge >= 0.3 is 12.2 Å². The maximum atomic E-state index is 14.0. The number of nitrogens with one attached hydrogen (secondary N) is 3. The summed E-state index contributed by atoms with van der Waals surface area (Å²) in [7, 11) is 3.63. The number of alkyl halides is 3. The van der Waals surface area contributed by atoms with Crippen molar-refractivity contribution >= 4 is 28.5 Å². The molecule has 5 rings (SSSR count). The number of likely N-dealkylation sites (tertiary alicyclic amines) is 1. The maximum Gasteiger partial charge on any atom is 0.418 e. The molecule has 0 aliphatic carbocycles. The van der Waals surface area contributed by atoms with E-state index in [1.165, 1.54) is 17.7 Å². The van der Waals surface area contributed by atoms with E-state index in [0.29, 0.717) is 31.1 Å². The SMILES string of the molecule is C[C@H](c1c[nH]c2ccccc12)[C@@H](NC(=O)N1CCC(c2ccccc2)CC1)C(=O)Nc1cc(CN(C)C)ccc1C(F)(F)F. The Bertz CT molecular complexity index is 1590. The van der Waals surface area contributed by atoms with Crippen LogP contribution in [0.5, 0.6) is 0 Å². The van der Waals surface area contributed by atoms with E-state index in [4.69, 9.17) is 0 Å². The van der Waals surface area contributed by atoms with Crippen LogP contribution in [0, 0.1) is 0 Å². The number of aromatic nitrogens is 1. The summed E-state index contributed by atoms with van der Waals surface area (Å²) in [4.78, 5) is 34.2. The molecule has 0 bridgehead atoms. The predicted molar refractivity (Wildman–Crippen MR) is 166 cm³/mol. The molecule has 1 aromatic heterocycles. The fourth-order valence-corrected chi connectivity index (χ4v) is 6.05. The first-order valence-electron chi connectivity index (χ1n) is 14.8. The number of nitrogens with zero attached hydrogens (tertiary/aromatic N) is 2. The molecule has 3 N–H and O–H groups in total. The van der Waals surface area contributed by atoms with Crippen molar-refractivity contribution in [2.45, 2.75) is 50.4 Å². The zero-order chi connectivity index (χ0) is 31.4. The van der Waals surface area contributed by atoms with Crippen molar-refractivity contribution in [1.82, 2.24) is 20.1 Å². The lowest BCUT2D eigenvalue weighted by Gasteiger charge is -2.34. The second-order valence-electron chi connectivity index (χ2n) is 11.8. The molecule has 7 nitrogen and oxygen atoms in total. The molecular weight excluding hydrogens is 567 g/mol. The van der Waals surface area contributed by atoms with Crippen LogP contribution in [0.15, 0.2) is 79.0 Å². The van der Waals surface area contributed by atoms with Crippen LogP contribution in [-0.2, 0) is 17.5 Å². The Hall–Kier alpha value is -4.31. The molecule has 1 saturated heterocycles. The quantitative estimate of drug-likeness (QED) is 0.203. The average molecular weight is 606 g/mol. The first-order chi connectivity index (χ1) is 21.0. The average Bonchev–Trinajstić information content (AvgIpc) is 3.43. The van der Waals surface area contributed by atoms with Gasteiger partial charge in [0.1, 0.15) is 6.04 Å². The standard InChI is InChI=1S/C34H38F3N5O2/c1-22(27-20-38-29-12-8-7-11-26(27)29)31(40-33(44)42-17-15-25(16-18-42)24-9-5-4-6-10-24)32(43)39-30-19-23(21-41(2)3)13-14-28(30)34(35,36)37/h4-14,19-20,22,25,31,38H,15-18,21H2,1-3H3,(H,39,43)(H,40,44)/t22-,31-/m1/s1. The summed E-state index contributed by atoms with van der Waals surface area (Å²) < 4.78 is 42.0. The molecule has 4 aromatic rings. The van der Waals surface area contributed by atoms with Gasteiger partial charge in [-0.15, -0.1) is 0 Å². The number of benzene rings is 3. The normalized spacial score (nSPS) is 15.8. The first-order valence-corrected chi connectivity index (χ1v) is 14.8. The topological polar surface area (TPSA) is 80.5 Å². The molecule has 3 amide bonds. The molecule has 2 atom stereocenters. The lowest BCUT2D eigenvalue weighted by molar-refractivity contribution is -0.137. The Morgan fingerprint density at radius 1 is 1.00 bits per heavy atom. The van der Waals surface area contributed by atoms with Gasteiger partial charge < -0.3 is 25.4 Å². The summed E-state index contributed by atoms with van der Waals surface area (Å²) in [6.45, 7) is 3.21. The van der Waals surface area contributed by atoms with Gasteiger partial charge in [0, 0.05) is 42.7 Å². The lowest BCUT2D eigenvalue weighted by atomic mass is 9.89. The second-order valence-corrected chi connectivity index (χ2v) is 11.8. The summed E-state index contributed by atoms with van der Waals surface area (Å²) in [6.07, 6.45) is -1.34. The lowest BCUT2D eigenvalue weighted by Crippen LogP contribution is -2.53. The Morgan fingerprint density at radius 3 is 2.36 bits per heavy atom. The van der Waals surface area contributed by atoms with Gasteiger partial charge in [-0.1, -0.05) is 61.5 Å². The van der Waals surface area contributed by atoms with E-state index in [2.05, 4.69) is 27.8 Å². The van der Waals surface area contributed by atoms with Gasteiger partial charge in [-0.25, -0.2) is 4.79 Å². The van der Waals surface area contributed by atoms with E-state index in [0.717, 1.165) is 35.4 Å². The fourth-order valence-electron chi connectivity index (χ4n) is 6.05. The molecule has 0 unspecified atom stereocenters. The van der Waals surface area contributed by atoms with Gasteiger partial charge in [0.15, 0.2) is 0 Å². The molecule has 0 saturated carbocycles. The molecule has 44 heavy (non-hydrogen) atoms. The number of fused-ring (bicyclic) bond motifs is 1. The van der Waals surface area contributed by atoms with Crippen LogP contribution in [0.1, 0.15) is 53.9 Å². The molecule has 232 valence electrons. The smallest absolute Gasteiger partial charge is 0.361 e. The first kappa shape index (κ1) is 31.1. The Labute approximate surface area is 255 Å². The molecule has 2 heterocycles. The van der Waals surface area contributed by atoms with Crippen molar-refractivity contribution in [2.75, 3.05) is 32.5 Å². The van der Waals surface area contributed by atoms with Crippen molar-refractivity contribution in [3.05, 3.63) is 101 Å². The van der Waals surface area contributed by atoms with Crippen LogP contribution in [0.2, 0.25) is 0 Å². The van der Waals surface area contributed by atoms with Crippen molar-refractivity contribution in [1.29, 1.82) is 0 Å². The molecular formula is C34H38F3N5O2. The van der Waals surface area contributed by atoms with Gasteiger partial charge in [0.25, 0.3) is 0 Å². The van der Waals surface area contributed by atoms with Gasteiger partial charge in [-0.05, 0) is 67.7 Å². The third-order valence-electron chi connectivity index (χ3n) is 8.37. The van der Waals surface area contributed by atoms with Gasteiger partial charge in [-0.3, -0.25) is 4.79 Å². The second kappa shape index (κ2) is 13.1. The summed E-state index contributed by atoms with van der Waals surface area (Å²) >= 11 is 0. The largest absolute Gasteiger partial charge is 0.418 e. The van der Waals surface area contributed by atoms with Crippen molar-refractivity contribution in [3.8, 4) is 0 Å². The molecule has 1 fully saturated rings. The minimum Gasteiger partial charge on any atom is -0.361 e. The molecule has 0 spiro atoms. The number of urea groups is 1. The number of hydrogen-bond acceptors (Lipinski definition) is 3. The van der Waals surface area contributed by atoms with E-state index in [9.17, 15) is 22.8 Å². The predicted octanol–water partition coefficient (Wildman–Crippen LogP) is 6.95. The van der Waals surface area contributed by atoms with Crippen LogP contribution < -0.4 is 10.6 Å². The van der Waals surface area contributed by atoms with E-state index in [-0.39, 0.29) is 5.69 Å². The summed E-state index contributed by atoms with van der Waals surface area (Å²) in [5.74, 6) is -0.946. The van der Waals surface area contributed by atoms with Gasteiger partial charge in [0.05, 0.1) is 11.3 Å². The van der Waals surface area contributed by atoms with Crippen molar-refractivity contribution in [3.63, 3.8) is 0 Å². The molecule has 3 aromatic carbocycles. The number of aromatic amines is 1. The van der Waals surface area contributed by atoms with Crippen LogP contribution in [0.3, 0.4) is 0 Å². The van der Waals surface area contributed by atoms with Gasteiger partial charge in [0.2, 0.25) is 5.91 Å². The number of carbonyl (C=O) groups is 2. The van der Waals surface area contributed by atoms with Crippen LogP contribution >= 0.6 is 0 Å². The van der Waals surface area contributed by atoms with Crippen LogP contribution in [0.4, 0.5) is 23.7 Å². The highest BCUT2D eigenvalue weighted by atomic mass is 19.4. The monoisotopic (exact) mass is 605 g/mol. The van der Waals surface area contributed by atoms with Crippen LogP contribution in [0.25, 0.3) is 10.9 Å². The van der Waals surface area contributed by atoms with Crippen molar-refractivity contribution < 1.29 is 22.8 Å². The highest BCUT2D eigenvalue weighted by Crippen LogP contribution is 2.36. The fraction of sp³-hybridized carbons (Fsp3) is 0.353. The zero-order valence-corrected chi connectivity index (χ0v) is 25.1. The van der Waals surface area contributed by atoms with Crippen LogP contribution in [-0.4, -0.2) is 59.9 Å². The number of rotatable bonds is 8. The maximum absolute atomic E-state index is 14.0. The third kappa shape index (κ3) is 7.07. The van der Waals surface area contributed by atoms with E-state index < -0.39 is 35.6 Å².